The molecule has 6 heteroatoms. The number of aromatic amines is 1. The minimum atomic E-state index is 0.446. The van der Waals surface area contributed by atoms with Crippen LogP contribution in [-0.2, 0) is 0 Å². The molecule has 3 rings (SSSR count). The summed E-state index contributed by atoms with van der Waals surface area (Å²) >= 11 is 7.98. The molecule has 0 bridgehead atoms. The molecule has 3 aromatic rings. The number of nitrogens with one attached hydrogen (secondary N) is 1. The SMILES string of the molecule is Cc1cccc(Cl)c1-c1cc(N)c(-c2cnc(SC(C)C)nc2)[nH]1. The lowest BCUT2D eigenvalue weighted by atomic mass is 10.1. The molecule has 0 saturated heterocycles. The minimum absolute atomic E-state index is 0.446. The van der Waals surface area contributed by atoms with Crippen molar-refractivity contribution in [3.63, 3.8) is 0 Å². The van der Waals surface area contributed by atoms with Crippen molar-refractivity contribution in [2.24, 2.45) is 0 Å². The van der Waals surface area contributed by atoms with Crippen molar-refractivity contribution < 1.29 is 0 Å². The molecular weight excluding hydrogens is 340 g/mol. The third kappa shape index (κ3) is 3.42. The number of aryl methyl sites for hydroxylation is 1. The van der Waals surface area contributed by atoms with Crippen molar-refractivity contribution in [1.29, 1.82) is 0 Å². The number of aromatic nitrogens is 3. The van der Waals surface area contributed by atoms with Gasteiger partial charge in [-0.05, 0) is 24.6 Å². The number of nitrogens with zero attached hydrogens (tertiary/aromatic N) is 2. The molecule has 0 amide bonds. The second-order valence-electron chi connectivity index (χ2n) is 5.87. The fraction of sp³-hybridized carbons (Fsp3) is 0.222. The largest absolute Gasteiger partial charge is 0.397 e. The maximum absolute atomic E-state index is 6.35. The predicted octanol–water partition coefficient (Wildman–Crippen LogP) is 5.18. The zero-order valence-corrected chi connectivity index (χ0v) is 15.4. The third-order valence-corrected chi connectivity index (χ3v) is 4.81. The van der Waals surface area contributed by atoms with Crippen LogP contribution in [0.4, 0.5) is 5.69 Å². The monoisotopic (exact) mass is 358 g/mol. The Bertz CT molecular complexity index is 836. The van der Waals surface area contributed by atoms with Gasteiger partial charge in [0.25, 0.3) is 0 Å². The molecule has 0 atom stereocenters. The van der Waals surface area contributed by atoms with E-state index in [1.54, 1.807) is 24.2 Å². The summed E-state index contributed by atoms with van der Waals surface area (Å²) in [6, 6.07) is 7.74. The highest BCUT2D eigenvalue weighted by atomic mass is 35.5. The van der Waals surface area contributed by atoms with E-state index in [-0.39, 0.29) is 0 Å². The predicted molar refractivity (Wildman–Crippen MR) is 102 cm³/mol. The van der Waals surface area contributed by atoms with E-state index < -0.39 is 0 Å². The number of rotatable bonds is 4. The molecule has 4 nitrogen and oxygen atoms in total. The Hall–Kier alpha value is -1.98. The van der Waals surface area contributed by atoms with Gasteiger partial charge in [-0.15, -0.1) is 0 Å². The lowest BCUT2D eigenvalue weighted by Crippen LogP contribution is -1.94. The first kappa shape index (κ1) is 16.9. The topological polar surface area (TPSA) is 67.6 Å². The number of hydrogen-bond donors (Lipinski definition) is 2. The van der Waals surface area contributed by atoms with Gasteiger partial charge >= 0.3 is 0 Å². The normalized spacial score (nSPS) is 11.2. The highest BCUT2D eigenvalue weighted by Gasteiger charge is 2.14. The summed E-state index contributed by atoms with van der Waals surface area (Å²) in [5, 5.41) is 1.91. The zero-order chi connectivity index (χ0) is 17.3. The molecule has 0 aliphatic heterocycles. The van der Waals surface area contributed by atoms with Crippen molar-refractivity contribution in [2.45, 2.75) is 31.2 Å². The van der Waals surface area contributed by atoms with Crippen molar-refractivity contribution in [3.8, 4) is 22.5 Å². The quantitative estimate of drug-likeness (QED) is 0.498. The van der Waals surface area contributed by atoms with Gasteiger partial charge in [0.05, 0.1) is 16.4 Å². The highest BCUT2D eigenvalue weighted by molar-refractivity contribution is 7.99. The first-order valence-corrected chi connectivity index (χ1v) is 8.94. The van der Waals surface area contributed by atoms with Crippen molar-refractivity contribution in [2.75, 3.05) is 5.73 Å². The Morgan fingerprint density at radius 1 is 1.21 bits per heavy atom. The van der Waals surface area contributed by atoms with Crippen molar-refractivity contribution in [3.05, 3.63) is 47.2 Å². The van der Waals surface area contributed by atoms with E-state index >= 15 is 0 Å². The lowest BCUT2D eigenvalue weighted by Gasteiger charge is -2.06. The summed E-state index contributed by atoms with van der Waals surface area (Å²) in [6.07, 6.45) is 3.59. The third-order valence-electron chi connectivity index (χ3n) is 3.60. The second kappa shape index (κ2) is 6.87. The maximum Gasteiger partial charge on any atom is 0.187 e. The molecule has 3 N–H and O–H groups in total. The number of halogens is 1. The Balaban J connectivity index is 1.98. The number of benzene rings is 1. The molecule has 0 aliphatic carbocycles. The van der Waals surface area contributed by atoms with Gasteiger partial charge in [-0.2, -0.15) is 0 Å². The molecule has 124 valence electrons. The van der Waals surface area contributed by atoms with E-state index in [2.05, 4.69) is 28.8 Å². The standard InChI is InChI=1S/C18H19ClN4S/c1-10(2)24-18-21-8-12(9-22-18)17-14(20)7-15(23-17)16-11(3)5-4-6-13(16)19/h4-10,23H,20H2,1-3H3. The van der Waals surface area contributed by atoms with Crippen LogP contribution in [0.5, 0.6) is 0 Å². The molecule has 1 aromatic carbocycles. The van der Waals surface area contributed by atoms with Crippen LogP contribution in [0, 0.1) is 6.92 Å². The number of H-pyrrole nitrogens is 1. The number of anilines is 1. The fourth-order valence-corrected chi connectivity index (χ4v) is 3.51. The summed E-state index contributed by atoms with van der Waals surface area (Å²) in [7, 11) is 0. The van der Waals surface area contributed by atoms with E-state index in [4.69, 9.17) is 17.3 Å². The number of thioether (sulfide) groups is 1. The molecular formula is C18H19ClN4S. The van der Waals surface area contributed by atoms with Gasteiger partial charge in [0.1, 0.15) is 0 Å². The average Bonchev–Trinajstić information content (AvgIpc) is 2.89. The molecule has 24 heavy (non-hydrogen) atoms. The Morgan fingerprint density at radius 2 is 1.92 bits per heavy atom. The van der Waals surface area contributed by atoms with Crippen LogP contribution in [0.2, 0.25) is 5.02 Å². The second-order valence-corrected chi connectivity index (χ2v) is 7.82. The minimum Gasteiger partial charge on any atom is -0.397 e. The first-order valence-electron chi connectivity index (χ1n) is 7.68. The number of nitrogen functional groups attached to an aromatic ring is 1. The van der Waals surface area contributed by atoms with Crippen LogP contribution in [0.3, 0.4) is 0 Å². The molecule has 0 aliphatic rings. The summed E-state index contributed by atoms with van der Waals surface area (Å²) in [4.78, 5) is 12.2. The lowest BCUT2D eigenvalue weighted by molar-refractivity contribution is 0.955. The van der Waals surface area contributed by atoms with Gasteiger partial charge in [-0.25, -0.2) is 9.97 Å². The van der Waals surface area contributed by atoms with Crippen LogP contribution in [-0.4, -0.2) is 20.2 Å². The summed E-state index contributed by atoms with van der Waals surface area (Å²) in [6.45, 7) is 6.26. The molecule has 0 spiro atoms. The number of hydrogen-bond acceptors (Lipinski definition) is 4. The molecule has 0 radical (unpaired) electrons. The Labute approximate surface area is 150 Å². The van der Waals surface area contributed by atoms with Crippen LogP contribution >= 0.6 is 23.4 Å². The highest BCUT2D eigenvalue weighted by Crippen LogP contribution is 2.35. The van der Waals surface area contributed by atoms with Gasteiger partial charge in [-0.1, -0.05) is 49.3 Å². The first-order chi connectivity index (χ1) is 11.5. The maximum atomic E-state index is 6.35. The average molecular weight is 359 g/mol. The van der Waals surface area contributed by atoms with Crippen LogP contribution in [0.25, 0.3) is 22.5 Å². The molecule has 0 unspecified atom stereocenters. The summed E-state index contributed by atoms with van der Waals surface area (Å²) in [5.74, 6) is 0. The van der Waals surface area contributed by atoms with Crippen LogP contribution < -0.4 is 5.73 Å². The van der Waals surface area contributed by atoms with E-state index in [9.17, 15) is 0 Å². The molecule has 2 heterocycles. The summed E-state index contributed by atoms with van der Waals surface area (Å²) in [5.41, 5.74) is 11.5. The Morgan fingerprint density at radius 3 is 2.54 bits per heavy atom. The van der Waals surface area contributed by atoms with E-state index in [0.29, 0.717) is 16.0 Å². The van der Waals surface area contributed by atoms with Crippen molar-refractivity contribution >= 4 is 29.1 Å². The van der Waals surface area contributed by atoms with E-state index in [1.807, 2.05) is 31.2 Å². The van der Waals surface area contributed by atoms with E-state index in [1.165, 1.54) is 0 Å². The van der Waals surface area contributed by atoms with Crippen LogP contribution in [0.15, 0.2) is 41.8 Å². The zero-order valence-electron chi connectivity index (χ0n) is 13.8. The molecule has 0 saturated carbocycles. The van der Waals surface area contributed by atoms with Gasteiger partial charge < -0.3 is 10.7 Å². The number of nitrogens with two attached hydrogens (primary N) is 1. The Kier molecular flexibility index (Phi) is 4.83. The van der Waals surface area contributed by atoms with Crippen molar-refractivity contribution in [1.82, 2.24) is 15.0 Å². The fourth-order valence-electron chi connectivity index (χ4n) is 2.53. The van der Waals surface area contributed by atoms with Crippen LogP contribution in [0.1, 0.15) is 19.4 Å². The van der Waals surface area contributed by atoms with Gasteiger partial charge in [0, 0.05) is 34.5 Å². The molecule has 2 aromatic heterocycles. The summed E-state index contributed by atoms with van der Waals surface area (Å²) < 4.78 is 0. The van der Waals surface area contributed by atoms with Gasteiger partial charge in [0.15, 0.2) is 5.16 Å². The van der Waals surface area contributed by atoms with Gasteiger partial charge in [-0.3, -0.25) is 0 Å². The molecule has 0 fully saturated rings. The van der Waals surface area contributed by atoms with E-state index in [0.717, 1.165) is 33.2 Å². The van der Waals surface area contributed by atoms with Gasteiger partial charge in [0.2, 0.25) is 0 Å². The smallest absolute Gasteiger partial charge is 0.187 e.